The zero-order valence-electron chi connectivity index (χ0n) is 20.4. The van der Waals surface area contributed by atoms with Crippen LogP contribution in [0.2, 0.25) is 0 Å². The first-order chi connectivity index (χ1) is 17.8. The maximum absolute atomic E-state index is 13.7. The van der Waals surface area contributed by atoms with Crippen LogP contribution in [-0.4, -0.2) is 18.6 Å². The summed E-state index contributed by atoms with van der Waals surface area (Å²) in [6.45, 7) is 1.99. The van der Waals surface area contributed by atoms with Gasteiger partial charge in [0.15, 0.2) is 0 Å². The van der Waals surface area contributed by atoms with Crippen molar-refractivity contribution in [3.63, 3.8) is 0 Å². The van der Waals surface area contributed by atoms with E-state index >= 15 is 0 Å². The second kappa shape index (κ2) is 8.06. The van der Waals surface area contributed by atoms with Crippen LogP contribution in [0.25, 0.3) is 27.8 Å². The Morgan fingerprint density at radius 2 is 1.65 bits per heavy atom. The van der Waals surface area contributed by atoms with Gasteiger partial charge in [0.25, 0.3) is 11.2 Å². The fraction of sp³-hybridized carbons (Fsp3) is 0.143. The Labute approximate surface area is 211 Å². The highest BCUT2D eigenvalue weighted by molar-refractivity contribution is 5.99. The Morgan fingerprint density at radius 3 is 2.35 bits per heavy atom. The molecule has 6 rings (SSSR count). The Kier molecular flexibility index (Phi) is 4.91. The van der Waals surface area contributed by atoms with Crippen molar-refractivity contribution in [3.8, 4) is 16.9 Å². The van der Waals surface area contributed by atoms with Crippen molar-refractivity contribution in [1.82, 2.24) is 13.7 Å². The zero-order valence-corrected chi connectivity index (χ0v) is 20.4. The highest BCUT2D eigenvalue weighted by Crippen LogP contribution is 2.45. The van der Waals surface area contributed by atoms with Gasteiger partial charge in [-0.3, -0.25) is 24.0 Å². The minimum absolute atomic E-state index is 0.0121. The van der Waals surface area contributed by atoms with E-state index in [1.165, 1.54) is 23.7 Å². The quantitative estimate of drug-likeness (QED) is 0.296. The van der Waals surface area contributed by atoms with Crippen LogP contribution in [0.5, 0.6) is 0 Å². The van der Waals surface area contributed by atoms with Gasteiger partial charge in [0.05, 0.1) is 44.6 Å². The van der Waals surface area contributed by atoms with Gasteiger partial charge in [-0.05, 0) is 48.4 Å². The summed E-state index contributed by atoms with van der Waals surface area (Å²) in [7, 11) is 3.15. The number of nitrogens with one attached hydrogen (secondary N) is 1. The van der Waals surface area contributed by atoms with E-state index in [0.717, 1.165) is 38.3 Å². The van der Waals surface area contributed by atoms with Crippen LogP contribution in [0.4, 0.5) is 11.4 Å². The summed E-state index contributed by atoms with van der Waals surface area (Å²) in [6, 6.07) is 21.6. The van der Waals surface area contributed by atoms with Gasteiger partial charge in [0, 0.05) is 26.2 Å². The average Bonchev–Trinajstić information content (AvgIpc) is 3.27. The lowest BCUT2D eigenvalue weighted by Crippen LogP contribution is -2.37. The Morgan fingerprint density at radius 1 is 0.919 bits per heavy atom. The monoisotopic (exact) mass is 493 g/mol. The molecule has 0 bridgehead atoms. The molecule has 1 aliphatic rings. The number of hydrogen-bond donors (Lipinski definition) is 1. The molecule has 0 spiro atoms. The molecule has 5 aromatic rings. The molecular formula is C28H23N5O4. The molecule has 9 nitrogen and oxygen atoms in total. The van der Waals surface area contributed by atoms with Crippen molar-refractivity contribution in [2.45, 2.75) is 13.0 Å². The number of anilines is 1. The largest absolute Gasteiger partial charge is 0.371 e. The summed E-state index contributed by atoms with van der Waals surface area (Å²) in [6.07, 6.45) is 0. The minimum Gasteiger partial charge on any atom is -0.371 e. The molecule has 0 amide bonds. The summed E-state index contributed by atoms with van der Waals surface area (Å²) in [4.78, 5) is 37.7. The summed E-state index contributed by atoms with van der Waals surface area (Å²) in [5.41, 5.74) is 5.47. The lowest BCUT2D eigenvalue weighted by atomic mass is 9.99. The van der Waals surface area contributed by atoms with Crippen LogP contribution >= 0.6 is 0 Å². The number of nitro benzene ring substituents is 1. The molecule has 1 atom stereocenters. The van der Waals surface area contributed by atoms with E-state index in [1.807, 2.05) is 55.5 Å². The smallest absolute Gasteiger partial charge is 0.331 e. The number of benzene rings is 3. The minimum atomic E-state index is -0.477. The van der Waals surface area contributed by atoms with Crippen LogP contribution in [-0.2, 0) is 14.1 Å². The number of non-ortho nitro benzene ring substituents is 1. The zero-order chi connectivity index (χ0) is 26.0. The first kappa shape index (κ1) is 22.5. The molecule has 1 N–H and O–H groups in total. The maximum Gasteiger partial charge on any atom is 0.331 e. The molecule has 0 radical (unpaired) electrons. The van der Waals surface area contributed by atoms with E-state index in [4.69, 9.17) is 0 Å². The summed E-state index contributed by atoms with van der Waals surface area (Å²) in [5.74, 6) is 0. The van der Waals surface area contributed by atoms with Gasteiger partial charge in [0.2, 0.25) is 0 Å². The Bertz CT molecular complexity index is 1860. The molecule has 9 heteroatoms. The number of nitro groups is 1. The van der Waals surface area contributed by atoms with E-state index in [1.54, 1.807) is 19.2 Å². The molecular weight excluding hydrogens is 470 g/mol. The first-order valence-electron chi connectivity index (χ1n) is 11.8. The van der Waals surface area contributed by atoms with Crippen LogP contribution in [0.1, 0.15) is 22.9 Å². The fourth-order valence-corrected chi connectivity index (χ4v) is 5.32. The second-order valence-electron chi connectivity index (χ2n) is 9.31. The van der Waals surface area contributed by atoms with Crippen molar-refractivity contribution < 1.29 is 4.92 Å². The number of aryl methyl sites for hydroxylation is 2. The van der Waals surface area contributed by atoms with Crippen molar-refractivity contribution in [3.05, 3.63) is 121 Å². The van der Waals surface area contributed by atoms with E-state index in [0.29, 0.717) is 16.6 Å². The van der Waals surface area contributed by atoms with E-state index < -0.39 is 16.7 Å². The van der Waals surface area contributed by atoms with Gasteiger partial charge in [-0.15, -0.1) is 0 Å². The molecule has 184 valence electrons. The lowest BCUT2D eigenvalue weighted by Gasteiger charge is -2.31. The number of fused-ring (bicyclic) bond motifs is 5. The standard InChI is InChI=1S/C28H23N5O4/c1-16-7-6-8-18(15-16)24-22-25(30(2)28(35)31(3)27(22)34)26-23(17-11-13-19(14-12-17)33(36)37)29-20-9-4-5-10-21(20)32(24)26/h4-15,23,29H,1-3H3/t23-/m0/s1. The molecule has 0 unspecified atom stereocenters. The SMILES string of the molecule is Cc1cccc(-c2c3c(=O)n(C)c(=O)n(C)c3c3n2-c2ccccc2N[C@H]3c2ccc([N+](=O)[O-])cc2)c1. The van der Waals surface area contributed by atoms with Crippen molar-refractivity contribution in [1.29, 1.82) is 0 Å². The molecule has 0 saturated heterocycles. The molecule has 0 aliphatic carbocycles. The second-order valence-corrected chi connectivity index (χ2v) is 9.31. The fourth-order valence-electron chi connectivity index (χ4n) is 5.32. The molecule has 3 heterocycles. The normalized spacial score (nSPS) is 14.2. The van der Waals surface area contributed by atoms with E-state index in [2.05, 4.69) is 9.88 Å². The number of rotatable bonds is 3. The van der Waals surface area contributed by atoms with Crippen LogP contribution in [0, 0.1) is 17.0 Å². The maximum atomic E-state index is 13.7. The third-order valence-electron chi connectivity index (χ3n) is 7.06. The van der Waals surface area contributed by atoms with Gasteiger partial charge < -0.3 is 9.88 Å². The molecule has 0 fully saturated rings. The summed E-state index contributed by atoms with van der Waals surface area (Å²) in [5, 5.41) is 15.3. The predicted molar refractivity (Wildman–Crippen MR) is 142 cm³/mol. The molecule has 0 saturated carbocycles. The third-order valence-corrected chi connectivity index (χ3v) is 7.06. The van der Waals surface area contributed by atoms with E-state index in [-0.39, 0.29) is 11.2 Å². The predicted octanol–water partition coefficient (Wildman–Crippen LogP) is 4.43. The van der Waals surface area contributed by atoms with Gasteiger partial charge in [-0.2, -0.15) is 0 Å². The Hall–Kier alpha value is -4.92. The average molecular weight is 494 g/mol. The molecule has 37 heavy (non-hydrogen) atoms. The number of aromatic nitrogens is 3. The number of nitrogens with zero attached hydrogens (tertiary/aromatic N) is 4. The topological polar surface area (TPSA) is 104 Å². The van der Waals surface area contributed by atoms with Crippen molar-refractivity contribution in [2.24, 2.45) is 14.1 Å². The van der Waals surface area contributed by atoms with Gasteiger partial charge in [-0.1, -0.05) is 35.9 Å². The van der Waals surface area contributed by atoms with Gasteiger partial charge in [-0.25, -0.2) is 4.79 Å². The Balaban J connectivity index is 1.81. The van der Waals surface area contributed by atoms with Crippen LogP contribution < -0.4 is 16.6 Å². The van der Waals surface area contributed by atoms with Gasteiger partial charge in [0.1, 0.15) is 0 Å². The lowest BCUT2D eigenvalue weighted by molar-refractivity contribution is -0.384. The third kappa shape index (κ3) is 3.24. The van der Waals surface area contributed by atoms with E-state index in [9.17, 15) is 19.7 Å². The van der Waals surface area contributed by atoms with Crippen molar-refractivity contribution >= 4 is 22.3 Å². The summed E-state index contributed by atoms with van der Waals surface area (Å²) < 4.78 is 4.70. The number of para-hydroxylation sites is 2. The highest BCUT2D eigenvalue weighted by Gasteiger charge is 2.34. The van der Waals surface area contributed by atoms with Crippen molar-refractivity contribution in [2.75, 3.05) is 5.32 Å². The van der Waals surface area contributed by atoms with Crippen LogP contribution in [0.3, 0.4) is 0 Å². The molecule has 3 aromatic carbocycles. The van der Waals surface area contributed by atoms with Crippen LogP contribution in [0.15, 0.2) is 82.4 Å². The molecule has 2 aromatic heterocycles. The first-order valence-corrected chi connectivity index (χ1v) is 11.8. The molecule has 1 aliphatic heterocycles. The summed E-state index contributed by atoms with van der Waals surface area (Å²) >= 11 is 0. The highest BCUT2D eigenvalue weighted by atomic mass is 16.6. The van der Waals surface area contributed by atoms with Gasteiger partial charge >= 0.3 is 5.69 Å². The number of hydrogen-bond acceptors (Lipinski definition) is 5.